The molecule has 1 heterocycles. The average Bonchev–Trinajstić information content (AvgIpc) is 2.80. The number of aromatic nitrogens is 4. The van der Waals surface area contributed by atoms with Crippen LogP contribution in [0.15, 0.2) is 18.2 Å². The molecule has 0 spiro atoms. The van der Waals surface area contributed by atoms with Crippen LogP contribution in [0.3, 0.4) is 0 Å². The number of hydrogen-bond donors (Lipinski definition) is 1. The summed E-state index contributed by atoms with van der Waals surface area (Å²) in [6.45, 7) is 0. The lowest BCUT2D eigenvalue weighted by atomic mass is 9.77. The van der Waals surface area contributed by atoms with Crippen molar-refractivity contribution in [3.63, 3.8) is 0 Å². The van der Waals surface area contributed by atoms with Gasteiger partial charge in [0, 0.05) is 12.5 Å². The molecule has 2 aromatic rings. The van der Waals surface area contributed by atoms with Crippen LogP contribution in [-0.4, -0.2) is 31.3 Å². The largest absolute Gasteiger partial charge is 0.479 e. The summed E-state index contributed by atoms with van der Waals surface area (Å²) in [7, 11) is 0. The highest BCUT2D eigenvalue weighted by Crippen LogP contribution is 2.39. The summed E-state index contributed by atoms with van der Waals surface area (Å²) in [6, 6.07) is 3.22. The molecule has 1 aromatic heterocycles. The quantitative estimate of drug-likeness (QED) is 0.924. The summed E-state index contributed by atoms with van der Waals surface area (Å²) in [5.74, 6) is -2.12. The van der Waals surface area contributed by atoms with Gasteiger partial charge >= 0.3 is 5.97 Å². The Balaban J connectivity index is 1.94. The van der Waals surface area contributed by atoms with E-state index in [1.54, 1.807) is 0 Å². The number of aliphatic carboxylic acids is 1. The van der Waals surface area contributed by atoms with E-state index in [4.69, 9.17) is 0 Å². The minimum absolute atomic E-state index is 0.00808. The first-order valence-electron chi connectivity index (χ1n) is 6.48. The normalized spacial score (nSPS) is 16.5. The third-order valence-corrected chi connectivity index (χ3v) is 3.88. The van der Waals surface area contributed by atoms with E-state index in [-0.39, 0.29) is 17.8 Å². The van der Waals surface area contributed by atoms with Crippen molar-refractivity contribution >= 4 is 5.97 Å². The van der Waals surface area contributed by atoms with Crippen LogP contribution in [0, 0.1) is 11.6 Å². The first kappa shape index (κ1) is 13.6. The molecular formula is C13H12F2N4O2. The minimum Gasteiger partial charge on any atom is -0.479 e. The van der Waals surface area contributed by atoms with Gasteiger partial charge in [0.05, 0.1) is 0 Å². The lowest BCUT2D eigenvalue weighted by molar-refractivity contribution is -0.153. The van der Waals surface area contributed by atoms with Gasteiger partial charge in [0.25, 0.3) is 0 Å². The van der Waals surface area contributed by atoms with E-state index < -0.39 is 23.1 Å². The Hall–Kier alpha value is -2.38. The molecule has 21 heavy (non-hydrogen) atoms. The highest BCUT2D eigenvalue weighted by atomic mass is 19.1. The van der Waals surface area contributed by atoms with Gasteiger partial charge in [-0.25, -0.2) is 18.3 Å². The molecule has 3 rings (SSSR count). The molecule has 0 bridgehead atoms. The number of halogens is 2. The van der Waals surface area contributed by atoms with Gasteiger partial charge in [0.2, 0.25) is 0 Å². The zero-order valence-corrected chi connectivity index (χ0v) is 11.0. The maximum atomic E-state index is 13.7. The van der Waals surface area contributed by atoms with Crippen LogP contribution in [0.5, 0.6) is 0 Å². The Morgan fingerprint density at radius 2 is 2.14 bits per heavy atom. The Morgan fingerprint density at radius 1 is 1.38 bits per heavy atom. The molecule has 8 heteroatoms. The van der Waals surface area contributed by atoms with Crippen LogP contribution in [0.1, 0.15) is 30.7 Å². The average molecular weight is 294 g/mol. The lowest BCUT2D eigenvalue weighted by Crippen LogP contribution is -2.49. The number of rotatable bonds is 4. The van der Waals surface area contributed by atoms with E-state index in [0.717, 1.165) is 18.6 Å². The Morgan fingerprint density at radius 3 is 2.71 bits per heavy atom. The first-order valence-corrected chi connectivity index (χ1v) is 6.48. The Labute approximate surface area is 118 Å². The van der Waals surface area contributed by atoms with E-state index in [2.05, 4.69) is 15.5 Å². The molecule has 0 unspecified atom stereocenters. The fourth-order valence-electron chi connectivity index (χ4n) is 2.51. The number of hydrogen-bond acceptors (Lipinski definition) is 4. The van der Waals surface area contributed by atoms with Crippen molar-refractivity contribution < 1.29 is 18.7 Å². The summed E-state index contributed by atoms with van der Waals surface area (Å²) in [6.07, 6.45) is 1.66. The van der Waals surface area contributed by atoms with Gasteiger partial charge in [-0.1, -0.05) is 6.07 Å². The fourth-order valence-corrected chi connectivity index (χ4v) is 2.51. The summed E-state index contributed by atoms with van der Waals surface area (Å²) < 4.78 is 27.8. The van der Waals surface area contributed by atoms with Crippen LogP contribution in [0.2, 0.25) is 0 Å². The van der Waals surface area contributed by atoms with Crippen LogP contribution in [-0.2, 0) is 16.8 Å². The molecule has 1 saturated carbocycles. The molecule has 0 amide bonds. The monoisotopic (exact) mass is 294 g/mol. The smallest absolute Gasteiger partial charge is 0.331 e. The molecule has 0 saturated heterocycles. The van der Waals surface area contributed by atoms with Crippen LogP contribution in [0.4, 0.5) is 8.78 Å². The molecule has 0 aliphatic heterocycles. The fraction of sp³-hybridized carbons (Fsp3) is 0.385. The lowest BCUT2D eigenvalue weighted by Gasteiger charge is -2.37. The predicted molar refractivity (Wildman–Crippen MR) is 66.4 cm³/mol. The Kier molecular flexibility index (Phi) is 3.15. The van der Waals surface area contributed by atoms with E-state index in [9.17, 15) is 18.7 Å². The number of carboxylic acid groups (broad SMARTS) is 1. The number of carboxylic acids is 1. The summed E-state index contributed by atoms with van der Waals surface area (Å²) >= 11 is 0. The summed E-state index contributed by atoms with van der Waals surface area (Å²) in [5.41, 5.74) is -0.928. The summed E-state index contributed by atoms with van der Waals surface area (Å²) in [5, 5.41) is 20.4. The summed E-state index contributed by atoms with van der Waals surface area (Å²) in [4.78, 5) is 11.5. The molecule has 1 aliphatic rings. The highest BCUT2D eigenvalue weighted by molar-refractivity contribution is 5.77. The van der Waals surface area contributed by atoms with Gasteiger partial charge in [-0.05, 0) is 41.3 Å². The van der Waals surface area contributed by atoms with E-state index >= 15 is 0 Å². The highest BCUT2D eigenvalue weighted by Gasteiger charge is 2.48. The number of benzene rings is 1. The van der Waals surface area contributed by atoms with Crippen LogP contribution >= 0.6 is 0 Å². The van der Waals surface area contributed by atoms with Crippen LogP contribution in [0.25, 0.3) is 0 Å². The number of carbonyl (C=O) groups is 1. The maximum absolute atomic E-state index is 13.7. The van der Waals surface area contributed by atoms with Gasteiger partial charge in [-0.2, -0.15) is 0 Å². The molecule has 1 aromatic carbocycles. The zero-order valence-electron chi connectivity index (χ0n) is 11.0. The van der Waals surface area contributed by atoms with Gasteiger partial charge in [0.1, 0.15) is 11.6 Å². The second kappa shape index (κ2) is 4.87. The minimum atomic E-state index is -1.14. The molecule has 1 aliphatic carbocycles. The van der Waals surface area contributed by atoms with Crippen LogP contribution < -0.4 is 0 Å². The number of nitrogens with zero attached hydrogens (tertiary/aromatic N) is 4. The maximum Gasteiger partial charge on any atom is 0.331 e. The van der Waals surface area contributed by atoms with Crippen molar-refractivity contribution in [1.82, 2.24) is 20.2 Å². The van der Waals surface area contributed by atoms with Crippen molar-refractivity contribution in [3.8, 4) is 0 Å². The third-order valence-electron chi connectivity index (χ3n) is 3.88. The molecular weight excluding hydrogens is 282 g/mol. The standard InChI is InChI=1S/C13H12F2N4O2/c14-9-3-2-8(10(15)7-9)6-11-16-17-18-19(11)13(12(20)21)4-1-5-13/h2-3,7H,1,4-6H2,(H,20,21). The zero-order chi connectivity index (χ0) is 15.0. The van der Waals surface area contributed by atoms with E-state index in [1.807, 2.05) is 0 Å². The Bertz CT molecular complexity index is 697. The molecule has 0 radical (unpaired) electrons. The molecule has 0 atom stereocenters. The first-order chi connectivity index (χ1) is 10.0. The second-order valence-corrected chi connectivity index (χ2v) is 5.11. The van der Waals surface area contributed by atoms with E-state index in [1.165, 1.54) is 10.7 Å². The third kappa shape index (κ3) is 2.16. The van der Waals surface area contributed by atoms with E-state index in [0.29, 0.717) is 12.8 Å². The molecule has 1 fully saturated rings. The molecule has 6 nitrogen and oxygen atoms in total. The van der Waals surface area contributed by atoms with Gasteiger partial charge in [-0.15, -0.1) is 5.10 Å². The topological polar surface area (TPSA) is 80.9 Å². The van der Waals surface area contributed by atoms with Gasteiger partial charge < -0.3 is 5.11 Å². The van der Waals surface area contributed by atoms with Crippen molar-refractivity contribution in [1.29, 1.82) is 0 Å². The predicted octanol–water partition coefficient (Wildman–Crippen LogP) is 1.51. The van der Waals surface area contributed by atoms with Crippen molar-refractivity contribution in [2.75, 3.05) is 0 Å². The van der Waals surface area contributed by atoms with Gasteiger partial charge in [0.15, 0.2) is 11.4 Å². The second-order valence-electron chi connectivity index (χ2n) is 5.11. The van der Waals surface area contributed by atoms with Crippen molar-refractivity contribution in [3.05, 3.63) is 41.2 Å². The molecule has 1 N–H and O–H groups in total. The number of tetrazole rings is 1. The van der Waals surface area contributed by atoms with Crippen molar-refractivity contribution in [2.45, 2.75) is 31.2 Å². The van der Waals surface area contributed by atoms with Crippen molar-refractivity contribution in [2.24, 2.45) is 0 Å². The SMILES string of the molecule is O=C(O)C1(n2nnnc2Cc2ccc(F)cc2F)CCC1. The molecule has 110 valence electrons. The van der Waals surface area contributed by atoms with Gasteiger partial charge in [-0.3, -0.25) is 0 Å².